The van der Waals surface area contributed by atoms with Gasteiger partial charge < -0.3 is 10.5 Å². The van der Waals surface area contributed by atoms with Crippen LogP contribution in [-0.2, 0) is 0 Å². The summed E-state index contributed by atoms with van der Waals surface area (Å²) in [7, 11) is 0. The summed E-state index contributed by atoms with van der Waals surface area (Å²) in [6, 6.07) is 13.6. The van der Waals surface area contributed by atoms with Gasteiger partial charge in [0.15, 0.2) is 11.6 Å². The third kappa shape index (κ3) is 2.63. The Labute approximate surface area is 99.8 Å². The Bertz CT molecular complexity index is 497. The van der Waals surface area contributed by atoms with Crippen LogP contribution < -0.4 is 10.5 Å². The average Bonchev–Trinajstić information content (AvgIpc) is 2.33. The maximum absolute atomic E-state index is 13.7. The predicted octanol–water partition coefficient (Wildman–Crippen LogP) is 3.64. The van der Waals surface area contributed by atoms with Crippen molar-refractivity contribution in [1.29, 1.82) is 0 Å². The molecule has 0 spiro atoms. The van der Waals surface area contributed by atoms with Crippen molar-refractivity contribution >= 4 is 0 Å². The minimum absolute atomic E-state index is 0.203. The molecule has 0 heterocycles. The fourth-order valence-corrected chi connectivity index (χ4v) is 1.60. The number of ether oxygens (including phenoxy) is 1. The van der Waals surface area contributed by atoms with Gasteiger partial charge in [-0.2, -0.15) is 0 Å². The van der Waals surface area contributed by atoms with Crippen LogP contribution in [0.15, 0.2) is 48.5 Å². The molecule has 17 heavy (non-hydrogen) atoms. The molecule has 3 heteroatoms. The van der Waals surface area contributed by atoms with Gasteiger partial charge in [-0.05, 0) is 25.1 Å². The lowest BCUT2D eigenvalue weighted by atomic mass is 10.1. The minimum atomic E-state index is -0.399. The Balaban J connectivity index is 2.38. The minimum Gasteiger partial charge on any atom is -0.454 e. The van der Waals surface area contributed by atoms with E-state index in [0.717, 1.165) is 0 Å². The molecule has 0 aromatic heterocycles. The van der Waals surface area contributed by atoms with E-state index in [4.69, 9.17) is 10.5 Å². The molecule has 1 unspecified atom stereocenters. The topological polar surface area (TPSA) is 35.2 Å². The zero-order valence-corrected chi connectivity index (χ0v) is 9.56. The Kier molecular flexibility index (Phi) is 3.40. The molecule has 1 atom stereocenters. The first-order valence-electron chi connectivity index (χ1n) is 5.45. The Morgan fingerprint density at radius 3 is 2.41 bits per heavy atom. The van der Waals surface area contributed by atoms with Gasteiger partial charge in [0.2, 0.25) is 0 Å². The summed E-state index contributed by atoms with van der Waals surface area (Å²) in [5.41, 5.74) is 6.45. The SMILES string of the molecule is CC(N)c1cccc(F)c1Oc1ccccc1. The van der Waals surface area contributed by atoms with Crippen molar-refractivity contribution in [3.63, 3.8) is 0 Å². The van der Waals surface area contributed by atoms with Crippen molar-refractivity contribution < 1.29 is 9.13 Å². The highest BCUT2D eigenvalue weighted by molar-refractivity contribution is 5.40. The molecule has 2 aromatic carbocycles. The summed E-state index contributed by atoms with van der Waals surface area (Å²) in [6.07, 6.45) is 0. The number of hydrogen-bond donors (Lipinski definition) is 1. The van der Waals surface area contributed by atoms with E-state index in [0.29, 0.717) is 11.3 Å². The van der Waals surface area contributed by atoms with Gasteiger partial charge in [0, 0.05) is 11.6 Å². The normalized spacial score (nSPS) is 12.2. The number of benzene rings is 2. The van der Waals surface area contributed by atoms with Crippen molar-refractivity contribution in [1.82, 2.24) is 0 Å². The lowest BCUT2D eigenvalue weighted by Crippen LogP contribution is -2.07. The largest absolute Gasteiger partial charge is 0.454 e. The molecule has 2 N–H and O–H groups in total. The number of nitrogens with two attached hydrogens (primary N) is 1. The quantitative estimate of drug-likeness (QED) is 0.875. The maximum atomic E-state index is 13.7. The van der Waals surface area contributed by atoms with Gasteiger partial charge >= 0.3 is 0 Å². The molecule has 88 valence electrons. The molecule has 0 aliphatic heterocycles. The van der Waals surface area contributed by atoms with Crippen LogP contribution in [0.5, 0.6) is 11.5 Å². The van der Waals surface area contributed by atoms with Gasteiger partial charge in [0.1, 0.15) is 5.75 Å². The second-order valence-corrected chi connectivity index (χ2v) is 3.86. The van der Waals surface area contributed by atoms with E-state index in [1.165, 1.54) is 6.07 Å². The molecule has 2 nitrogen and oxygen atoms in total. The van der Waals surface area contributed by atoms with Gasteiger partial charge in [-0.15, -0.1) is 0 Å². The number of halogens is 1. The van der Waals surface area contributed by atoms with Crippen molar-refractivity contribution in [3.8, 4) is 11.5 Å². The van der Waals surface area contributed by atoms with Gasteiger partial charge in [-0.3, -0.25) is 0 Å². The molecule has 0 bridgehead atoms. The summed E-state index contributed by atoms with van der Waals surface area (Å²) in [5, 5.41) is 0. The van der Waals surface area contributed by atoms with Crippen LogP contribution in [0.25, 0.3) is 0 Å². The monoisotopic (exact) mass is 231 g/mol. The van der Waals surface area contributed by atoms with E-state index in [9.17, 15) is 4.39 Å². The predicted molar refractivity (Wildman–Crippen MR) is 65.5 cm³/mol. The molecule has 0 radical (unpaired) electrons. The molecule has 0 aliphatic rings. The first kappa shape index (κ1) is 11.6. The van der Waals surface area contributed by atoms with E-state index in [-0.39, 0.29) is 11.8 Å². The van der Waals surface area contributed by atoms with E-state index in [1.54, 1.807) is 31.2 Å². The second-order valence-electron chi connectivity index (χ2n) is 3.86. The Morgan fingerprint density at radius 2 is 1.76 bits per heavy atom. The summed E-state index contributed by atoms with van der Waals surface area (Å²) in [6.45, 7) is 1.80. The number of rotatable bonds is 3. The summed E-state index contributed by atoms with van der Waals surface area (Å²) >= 11 is 0. The zero-order chi connectivity index (χ0) is 12.3. The summed E-state index contributed by atoms with van der Waals surface area (Å²) in [4.78, 5) is 0. The van der Waals surface area contributed by atoms with Crippen molar-refractivity contribution in [3.05, 3.63) is 59.9 Å². The van der Waals surface area contributed by atoms with Crippen molar-refractivity contribution in [2.75, 3.05) is 0 Å². The van der Waals surface area contributed by atoms with Crippen LogP contribution in [0.4, 0.5) is 4.39 Å². The third-order valence-corrected chi connectivity index (χ3v) is 2.45. The highest BCUT2D eigenvalue weighted by atomic mass is 19.1. The van der Waals surface area contributed by atoms with Gasteiger partial charge in [0.05, 0.1) is 0 Å². The third-order valence-electron chi connectivity index (χ3n) is 2.45. The molecular formula is C14H14FNO. The fraction of sp³-hybridized carbons (Fsp3) is 0.143. The molecule has 0 amide bonds. The smallest absolute Gasteiger partial charge is 0.167 e. The van der Waals surface area contributed by atoms with Crippen molar-refractivity contribution in [2.45, 2.75) is 13.0 Å². The van der Waals surface area contributed by atoms with Crippen LogP contribution in [-0.4, -0.2) is 0 Å². The molecule has 2 aromatic rings. The van der Waals surface area contributed by atoms with Gasteiger partial charge in [0.25, 0.3) is 0 Å². The van der Waals surface area contributed by atoms with Crippen LogP contribution in [0, 0.1) is 5.82 Å². The van der Waals surface area contributed by atoms with Crippen molar-refractivity contribution in [2.24, 2.45) is 5.73 Å². The van der Waals surface area contributed by atoms with Crippen LogP contribution in [0.3, 0.4) is 0 Å². The maximum Gasteiger partial charge on any atom is 0.167 e. The summed E-state index contributed by atoms with van der Waals surface area (Å²) in [5.74, 6) is 0.400. The van der Waals surface area contributed by atoms with E-state index in [2.05, 4.69) is 0 Å². The molecule has 2 rings (SSSR count). The number of hydrogen-bond acceptors (Lipinski definition) is 2. The lowest BCUT2D eigenvalue weighted by Gasteiger charge is -2.14. The fourth-order valence-electron chi connectivity index (χ4n) is 1.60. The first-order chi connectivity index (χ1) is 8.18. The van der Waals surface area contributed by atoms with E-state index >= 15 is 0 Å². The highest BCUT2D eigenvalue weighted by Crippen LogP contribution is 2.31. The van der Waals surface area contributed by atoms with Crippen LogP contribution >= 0.6 is 0 Å². The average molecular weight is 231 g/mol. The van der Waals surface area contributed by atoms with Gasteiger partial charge in [-0.25, -0.2) is 4.39 Å². The standard InChI is InChI=1S/C14H14FNO/c1-10(16)12-8-5-9-13(15)14(12)17-11-6-3-2-4-7-11/h2-10H,16H2,1H3. The molecular weight excluding hydrogens is 217 g/mol. The molecule has 0 fully saturated rings. The lowest BCUT2D eigenvalue weighted by molar-refractivity contribution is 0.432. The molecule has 0 saturated heterocycles. The van der Waals surface area contributed by atoms with E-state index < -0.39 is 5.82 Å². The second kappa shape index (κ2) is 4.97. The Hall–Kier alpha value is -1.87. The first-order valence-corrected chi connectivity index (χ1v) is 5.45. The molecule has 0 saturated carbocycles. The van der Waals surface area contributed by atoms with Crippen LogP contribution in [0.1, 0.15) is 18.5 Å². The zero-order valence-electron chi connectivity index (χ0n) is 9.56. The summed E-state index contributed by atoms with van der Waals surface area (Å²) < 4.78 is 19.3. The van der Waals surface area contributed by atoms with Gasteiger partial charge in [-0.1, -0.05) is 30.3 Å². The number of para-hydroxylation sites is 2. The van der Waals surface area contributed by atoms with Crippen LogP contribution in [0.2, 0.25) is 0 Å². The highest BCUT2D eigenvalue weighted by Gasteiger charge is 2.13. The molecule has 0 aliphatic carbocycles. The van der Waals surface area contributed by atoms with E-state index in [1.807, 2.05) is 18.2 Å². The Morgan fingerprint density at radius 1 is 1.06 bits per heavy atom.